The summed E-state index contributed by atoms with van der Waals surface area (Å²) in [6.07, 6.45) is 8.62. The van der Waals surface area contributed by atoms with E-state index in [1.54, 1.807) is 27.7 Å². The third kappa shape index (κ3) is 27.8. The molecule has 5 rings (SSSR count). The maximum atomic E-state index is 14.5. The SMILES string of the molecule is CC(=O)N1CCCC[C@H]1C(=O)NC(C)(C)C(=O)N1CCCC[C@H]1C(=O)NC(C)(C)C(=O)NC(C)(C)C(=O)N[C@@H](CC(C)C)C(=O)NCCC(=O)NCC(=O)NC(C)(C)C(=O)NC(C)(C)C(=O)N1CCCC[C@H]1C(=O)NC(C)(C)C(=O)N[C@@H](C)C(=O)N[C@@H](CC(C)C)C(=O)NC(C)(C)C(=O)N[C@@H](CC(C)C)CN1CCC[N+]2=C1CCC2. The fraction of sp³-hybridized carbons (Fsp3) is 0.790. The van der Waals surface area contributed by atoms with Gasteiger partial charge >= 0.3 is 0 Å². The number of amides is 16. The fourth-order valence-corrected chi connectivity index (χ4v) is 15.1. The van der Waals surface area contributed by atoms with Crippen LogP contribution in [0.4, 0.5) is 0 Å². The van der Waals surface area contributed by atoms with Crippen molar-refractivity contribution in [1.82, 2.24) is 88.7 Å². The average Bonchev–Trinajstić information content (AvgIpc) is 1.26. The van der Waals surface area contributed by atoms with E-state index in [-0.39, 0.29) is 81.4 Å². The van der Waals surface area contributed by atoms with Crippen LogP contribution in [0.5, 0.6) is 0 Å². The lowest BCUT2D eigenvalue weighted by Crippen LogP contribution is -2.67. The number of nitrogens with one attached hydrogen (secondary N) is 13. The predicted octanol–water partition coefficient (Wildman–Crippen LogP) is 1.04. The average molecular weight is 1620 g/mol. The lowest BCUT2D eigenvalue weighted by molar-refractivity contribution is -0.530. The molecule has 0 aromatic heterocycles. The number of rotatable bonds is 37. The molecule has 0 radical (unpaired) electrons. The monoisotopic (exact) mass is 1620 g/mol. The molecule has 3 saturated heterocycles. The van der Waals surface area contributed by atoms with Crippen LogP contribution in [0.1, 0.15) is 255 Å². The number of hydrogen-bond acceptors (Lipinski definition) is 17. The molecule has 0 unspecified atom stereocenters. The second kappa shape index (κ2) is 40.7. The van der Waals surface area contributed by atoms with Crippen LogP contribution in [-0.2, 0) is 76.7 Å². The Kier molecular flexibility index (Phi) is 34.2. The number of likely N-dealkylation sites (tertiary alicyclic amines) is 3. The Labute approximate surface area is 680 Å². The lowest BCUT2D eigenvalue weighted by atomic mass is 9.93. The first-order valence-electron chi connectivity index (χ1n) is 41.4. The molecule has 0 aliphatic carbocycles. The van der Waals surface area contributed by atoms with Gasteiger partial charge in [-0.05, 0) is 205 Å². The van der Waals surface area contributed by atoms with E-state index in [9.17, 15) is 76.7 Å². The van der Waals surface area contributed by atoms with E-state index < -0.39 is 164 Å². The van der Waals surface area contributed by atoms with Crippen molar-refractivity contribution in [3.05, 3.63) is 0 Å². The molecule has 13 N–H and O–H groups in total. The van der Waals surface area contributed by atoms with Gasteiger partial charge in [0.05, 0.1) is 38.6 Å². The third-order valence-corrected chi connectivity index (χ3v) is 21.8. The molecule has 0 bridgehead atoms. The molecule has 7 atom stereocenters. The maximum Gasteiger partial charge on any atom is 0.248 e. The van der Waals surface area contributed by atoms with Gasteiger partial charge in [-0.2, -0.15) is 0 Å². The predicted molar refractivity (Wildman–Crippen MR) is 432 cm³/mol. The molecule has 115 heavy (non-hydrogen) atoms. The number of amidine groups is 1. The molecule has 5 aliphatic heterocycles. The Morgan fingerprint density at radius 1 is 0.391 bits per heavy atom. The smallest absolute Gasteiger partial charge is 0.248 e. The van der Waals surface area contributed by atoms with Crippen LogP contribution >= 0.6 is 0 Å². The number of nitrogens with zero attached hydrogens (tertiary/aromatic N) is 5. The molecule has 0 aromatic carbocycles. The minimum atomic E-state index is -1.67. The third-order valence-electron chi connectivity index (χ3n) is 21.8. The summed E-state index contributed by atoms with van der Waals surface area (Å²) in [6.45, 7) is 38.6. The zero-order valence-electron chi connectivity index (χ0n) is 72.7. The standard InChI is InChI=1S/C81H138N18O16/c1-48(2)43-53(47-96-39-30-38-95-37-29-34-61(95)96)85-69(110)76(11,12)89-64(105)55(45-50(5)6)86-62(103)51(7)84-68(109)75(9,10)90-66(107)57-32-25-28-42-99(57)74(115)81(21,22)94-71(112)78(15,16)88-60(102)46-83-59(101)35-36-82-63(104)54(44-49(3)4)87-70(111)77(13,14)93-72(113)79(17,18)91-67(108)58-33-24-27-41-98(58)73(114)80(19,20)92-65(106)56-31-23-26-40-97(56)52(8)100/h48-51,53-58H,23-47H2,1-22H3,(H12-,82,83,84,85,86,87,88,89,90,91,92,93,94,101,102,103,104,105,106,107,108,109,110,111,112,113)/p+1/t51-,53-,54-,55-,56-,57-,58-/m0/s1. The molecule has 0 aromatic rings. The van der Waals surface area contributed by atoms with Crippen molar-refractivity contribution >= 4 is 100 Å². The Hall–Kier alpha value is -9.01. The van der Waals surface area contributed by atoms with E-state index in [2.05, 4.69) is 92.4 Å². The van der Waals surface area contributed by atoms with E-state index in [0.29, 0.717) is 51.1 Å². The van der Waals surface area contributed by atoms with Gasteiger partial charge in [-0.1, -0.05) is 41.5 Å². The summed E-state index contributed by atoms with van der Waals surface area (Å²) in [4.78, 5) is 227. The van der Waals surface area contributed by atoms with Gasteiger partial charge in [0.2, 0.25) is 100 Å². The quantitative estimate of drug-likeness (QED) is 0.0387. The Morgan fingerprint density at radius 3 is 1.30 bits per heavy atom. The van der Waals surface area contributed by atoms with E-state index in [4.69, 9.17) is 0 Å². The molecule has 0 spiro atoms. The van der Waals surface area contributed by atoms with Crippen LogP contribution in [0.3, 0.4) is 0 Å². The van der Waals surface area contributed by atoms with Crippen molar-refractivity contribution < 1.29 is 81.3 Å². The number of carbonyl (C=O) groups excluding carboxylic acids is 16. The van der Waals surface area contributed by atoms with Gasteiger partial charge in [0.1, 0.15) is 81.6 Å². The van der Waals surface area contributed by atoms with Gasteiger partial charge in [0.15, 0.2) is 0 Å². The van der Waals surface area contributed by atoms with Crippen LogP contribution in [0, 0.1) is 17.8 Å². The van der Waals surface area contributed by atoms with E-state index in [1.807, 2.05) is 27.7 Å². The normalized spacial score (nSPS) is 18.9. The Bertz CT molecular complexity index is 3620. The first-order chi connectivity index (χ1) is 53.1. The Balaban J connectivity index is 1.07. The molecule has 34 heteroatoms. The highest BCUT2D eigenvalue weighted by molar-refractivity contribution is 6.03. The van der Waals surface area contributed by atoms with E-state index in [0.717, 1.165) is 58.2 Å². The number of hydrogen-bond donors (Lipinski definition) is 13. The highest BCUT2D eigenvalue weighted by Gasteiger charge is 2.48. The molecule has 0 saturated carbocycles. The Morgan fingerprint density at radius 2 is 0.800 bits per heavy atom. The highest BCUT2D eigenvalue weighted by Crippen LogP contribution is 2.27. The van der Waals surface area contributed by atoms with Gasteiger partial charge in [-0.3, -0.25) is 86.2 Å². The molecule has 5 aliphatic rings. The molecular weight excluding hydrogens is 1480 g/mol. The molecular formula is C81H139N18O16+. The van der Waals surface area contributed by atoms with Crippen LogP contribution in [0.15, 0.2) is 0 Å². The first-order valence-corrected chi connectivity index (χ1v) is 41.4. The minimum Gasteiger partial charge on any atom is -0.354 e. The van der Waals surface area contributed by atoms with Crippen molar-refractivity contribution in [2.75, 3.05) is 58.9 Å². The van der Waals surface area contributed by atoms with Gasteiger partial charge in [0.25, 0.3) is 0 Å². The number of carbonyl (C=O) groups is 16. The van der Waals surface area contributed by atoms with Crippen molar-refractivity contribution in [2.45, 2.75) is 336 Å². The summed E-state index contributed by atoms with van der Waals surface area (Å²) in [7, 11) is 0. The first kappa shape index (κ1) is 96.6. The maximum absolute atomic E-state index is 14.5. The molecule has 648 valence electrons. The second-order valence-electron chi connectivity index (χ2n) is 37.0. The van der Waals surface area contributed by atoms with Crippen LogP contribution in [-0.4, -0.2) is 264 Å². The van der Waals surface area contributed by atoms with Crippen molar-refractivity contribution in [3.8, 4) is 0 Å². The zero-order chi connectivity index (χ0) is 86.8. The molecule has 34 nitrogen and oxygen atoms in total. The summed E-state index contributed by atoms with van der Waals surface area (Å²) in [5.41, 5.74) is -11.1. The summed E-state index contributed by atoms with van der Waals surface area (Å²) in [6, 6.07) is -6.43. The van der Waals surface area contributed by atoms with Crippen LogP contribution in [0.25, 0.3) is 0 Å². The summed E-state index contributed by atoms with van der Waals surface area (Å²) in [5.74, 6) is -8.51. The van der Waals surface area contributed by atoms with Gasteiger partial charge < -0.3 is 83.8 Å². The van der Waals surface area contributed by atoms with Crippen molar-refractivity contribution in [1.29, 1.82) is 0 Å². The van der Waals surface area contributed by atoms with Gasteiger partial charge in [-0.25, -0.2) is 0 Å². The zero-order valence-corrected chi connectivity index (χ0v) is 72.7. The lowest BCUT2D eigenvalue weighted by Gasteiger charge is -2.42. The minimum absolute atomic E-state index is 0.0689. The number of piperidine rings is 3. The van der Waals surface area contributed by atoms with Crippen molar-refractivity contribution in [2.24, 2.45) is 17.8 Å². The molecule has 3 fully saturated rings. The fourth-order valence-electron chi connectivity index (χ4n) is 15.1. The van der Waals surface area contributed by atoms with E-state index >= 15 is 0 Å². The van der Waals surface area contributed by atoms with Gasteiger partial charge in [0, 0.05) is 45.9 Å². The largest absolute Gasteiger partial charge is 0.354 e. The van der Waals surface area contributed by atoms with Crippen LogP contribution < -0.4 is 69.1 Å². The topological polar surface area (TPSA) is 445 Å². The summed E-state index contributed by atoms with van der Waals surface area (Å²) in [5, 5.41) is 35.5. The van der Waals surface area contributed by atoms with E-state index in [1.165, 1.54) is 104 Å². The summed E-state index contributed by atoms with van der Waals surface area (Å²) >= 11 is 0. The molecule has 16 amide bonds. The molecule has 5 heterocycles. The summed E-state index contributed by atoms with van der Waals surface area (Å²) < 4.78 is 2.43. The van der Waals surface area contributed by atoms with Crippen molar-refractivity contribution in [3.63, 3.8) is 0 Å². The highest BCUT2D eigenvalue weighted by atomic mass is 16.2. The van der Waals surface area contributed by atoms with Gasteiger partial charge in [-0.15, -0.1) is 0 Å². The second-order valence-corrected chi connectivity index (χ2v) is 37.0. The van der Waals surface area contributed by atoms with Crippen LogP contribution in [0.2, 0.25) is 0 Å².